The molecule has 9 heteroatoms. The number of nitrogens with one attached hydrogen (secondary N) is 2. The van der Waals surface area contributed by atoms with Crippen molar-refractivity contribution < 1.29 is 28.7 Å². The molecule has 2 aromatic carbocycles. The number of benzene rings is 2. The summed E-state index contributed by atoms with van der Waals surface area (Å²) < 4.78 is 12.7. The first kappa shape index (κ1) is 31.8. The van der Waals surface area contributed by atoms with E-state index in [1.165, 1.54) is 7.11 Å². The standard InChI is InChI=1S/C34H43N3O6/c1-23(2)19-27(30(33(40)42-3)34(41)43-22-24-13-7-6-8-14-24)31(38)36-28-20-25-21-37(29-16-10-9-15-26(25)29)18-12-5-4-11-17-35-32(28)39/h6-10,13-16,21,23,27-28,30H,4-5,11-12,17-20,22H2,1-3H3,(H,35,39)(H,36,38)/t27-,28?,30?/m1/s1. The third kappa shape index (κ3) is 8.46. The SMILES string of the molecule is COC(=O)C(C(=O)OCc1ccccc1)[C@@H](CC(C)C)C(=O)NC1Cc2cn(c3ccccc23)CCCCCCNC1=O. The van der Waals surface area contributed by atoms with Gasteiger partial charge in [-0.05, 0) is 42.4 Å². The van der Waals surface area contributed by atoms with Crippen LogP contribution >= 0.6 is 0 Å². The maximum absolute atomic E-state index is 14.0. The highest BCUT2D eigenvalue weighted by atomic mass is 16.5. The molecule has 4 rings (SSSR count). The van der Waals surface area contributed by atoms with Crippen LogP contribution in [0.15, 0.2) is 60.8 Å². The van der Waals surface area contributed by atoms with Crippen LogP contribution in [0.1, 0.15) is 57.1 Å². The zero-order chi connectivity index (χ0) is 30.8. The first-order valence-corrected chi connectivity index (χ1v) is 15.2. The second-order valence-corrected chi connectivity index (χ2v) is 11.7. The third-order valence-corrected chi connectivity index (χ3v) is 7.95. The number of hydrogen-bond acceptors (Lipinski definition) is 6. The summed E-state index contributed by atoms with van der Waals surface area (Å²) in [5, 5.41) is 6.93. The molecule has 2 bridgehead atoms. The summed E-state index contributed by atoms with van der Waals surface area (Å²) in [5.41, 5.74) is 2.79. The lowest BCUT2D eigenvalue weighted by Crippen LogP contribution is -2.52. The lowest BCUT2D eigenvalue weighted by Gasteiger charge is -2.27. The van der Waals surface area contributed by atoms with Gasteiger partial charge in [0.15, 0.2) is 5.92 Å². The average Bonchev–Trinajstić information content (AvgIpc) is 3.36. The van der Waals surface area contributed by atoms with Gasteiger partial charge in [-0.1, -0.05) is 75.2 Å². The first-order valence-electron chi connectivity index (χ1n) is 15.2. The Hall–Kier alpha value is -4.14. The van der Waals surface area contributed by atoms with Crippen molar-refractivity contribution in [2.45, 2.75) is 71.6 Å². The minimum Gasteiger partial charge on any atom is -0.468 e. The van der Waals surface area contributed by atoms with E-state index in [2.05, 4.69) is 27.5 Å². The molecule has 9 nitrogen and oxygen atoms in total. The highest BCUT2D eigenvalue weighted by Gasteiger charge is 2.42. The second kappa shape index (κ2) is 15.4. The van der Waals surface area contributed by atoms with Gasteiger partial charge in [-0.3, -0.25) is 19.2 Å². The van der Waals surface area contributed by atoms with Crippen LogP contribution in [0.25, 0.3) is 10.9 Å². The Balaban J connectivity index is 1.61. The summed E-state index contributed by atoms with van der Waals surface area (Å²) in [5.74, 6) is -5.13. The van der Waals surface area contributed by atoms with Crippen molar-refractivity contribution in [2.75, 3.05) is 13.7 Å². The molecule has 0 fully saturated rings. The molecule has 2 unspecified atom stereocenters. The van der Waals surface area contributed by atoms with Gasteiger partial charge in [0.05, 0.1) is 13.0 Å². The number of aryl methyl sites for hydroxylation is 1. The van der Waals surface area contributed by atoms with Crippen LogP contribution < -0.4 is 10.6 Å². The first-order chi connectivity index (χ1) is 20.8. The molecule has 0 saturated carbocycles. The molecule has 43 heavy (non-hydrogen) atoms. The molecule has 1 aromatic heterocycles. The average molecular weight is 590 g/mol. The number of carbonyl (C=O) groups is 4. The molecule has 230 valence electrons. The van der Waals surface area contributed by atoms with Crippen molar-refractivity contribution in [3.8, 4) is 0 Å². The maximum Gasteiger partial charge on any atom is 0.321 e. The van der Waals surface area contributed by atoms with Crippen LogP contribution in [-0.4, -0.2) is 48.0 Å². The van der Waals surface area contributed by atoms with Gasteiger partial charge >= 0.3 is 11.9 Å². The molecule has 2 amide bonds. The minimum atomic E-state index is -1.48. The Morgan fingerprint density at radius 3 is 2.44 bits per heavy atom. The topological polar surface area (TPSA) is 116 Å². The lowest BCUT2D eigenvalue weighted by molar-refractivity contribution is -0.167. The minimum absolute atomic E-state index is 0.0308. The normalized spacial score (nSPS) is 17.5. The number of fused-ring (bicyclic) bond motifs is 5. The Kier molecular flexibility index (Phi) is 11.4. The molecule has 3 aromatic rings. The zero-order valence-corrected chi connectivity index (χ0v) is 25.3. The van der Waals surface area contributed by atoms with Crippen molar-refractivity contribution >= 4 is 34.7 Å². The van der Waals surface area contributed by atoms with Crippen molar-refractivity contribution in [3.05, 3.63) is 71.9 Å². The third-order valence-electron chi connectivity index (χ3n) is 7.95. The molecule has 0 saturated heterocycles. The number of methoxy groups -OCH3 is 1. The highest BCUT2D eigenvalue weighted by Crippen LogP contribution is 2.27. The van der Waals surface area contributed by atoms with E-state index in [0.29, 0.717) is 6.54 Å². The maximum atomic E-state index is 14.0. The Labute approximate surface area is 253 Å². The summed E-state index contributed by atoms with van der Waals surface area (Å²) in [7, 11) is 1.18. The van der Waals surface area contributed by atoms with Crippen molar-refractivity contribution in [2.24, 2.45) is 17.8 Å². The number of hydrogen-bond donors (Lipinski definition) is 2. The number of nitrogens with zero attached hydrogens (tertiary/aromatic N) is 1. The smallest absolute Gasteiger partial charge is 0.321 e. The van der Waals surface area contributed by atoms with E-state index in [-0.39, 0.29) is 31.3 Å². The van der Waals surface area contributed by atoms with E-state index in [1.54, 1.807) is 12.1 Å². The number of carbonyl (C=O) groups excluding carboxylic acids is 4. The molecule has 3 atom stereocenters. The summed E-state index contributed by atoms with van der Waals surface area (Å²) in [6, 6.07) is 16.3. The largest absolute Gasteiger partial charge is 0.468 e. The summed E-state index contributed by atoms with van der Waals surface area (Å²) in [6.07, 6.45) is 6.49. The molecule has 0 aliphatic carbocycles. The molecular formula is C34H43N3O6. The number of ether oxygens (including phenoxy) is 2. The fraction of sp³-hybridized carbons (Fsp3) is 0.471. The van der Waals surface area contributed by atoms with E-state index in [1.807, 2.05) is 50.2 Å². The number of para-hydroxylation sites is 1. The Bertz CT molecular complexity index is 1400. The van der Waals surface area contributed by atoms with Crippen LogP contribution in [-0.2, 0) is 48.2 Å². The van der Waals surface area contributed by atoms with Crippen LogP contribution in [0.2, 0.25) is 0 Å². The summed E-state index contributed by atoms with van der Waals surface area (Å²) >= 11 is 0. The molecule has 0 radical (unpaired) electrons. The van der Waals surface area contributed by atoms with Gasteiger partial charge in [-0.25, -0.2) is 0 Å². The van der Waals surface area contributed by atoms with E-state index in [4.69, 9.17) is 9.47 Å². The zero-order valence-electron chi connectivity index (χ0n) is 25.3. The van der Waals surface area contributed by atoms with E-state index < -0.39 is 35.7 Å². The predicted molar refractivity (Wildman–Crippen MR) is 164 cm³/mol. The van der Waals surface area contributed by atoms with E-state index in [0.717, 1.165) is 54.3 Å². The van der Waals surface area contributed by atoms with Crippen LogP contribution in [0, 0.1) is 17.8 Å². The lowest BCUT2D eigenvalue weighted by atomic mass is 9.84. The van der Waals surface area contributed by atoms with Gasteiger partial charge in [0.25, 0.3) is 0 Å². The Morgan fingerprint density at radius 2 is 1.70 bits per heavy atom. The van der Waals surface area contributed by atoms with Gasteiger partial charge in [0.2, 0.25) is 11.8 Å². The molecule has 1 aliphatic rings. The van der Waals surface area contributed by atoms with Gasteiger partial charge < -0.3 is 24.7 Å². The van der Waals surface area contributed by atoms with Crippen LogP contribution in [0.5, 0.6) is 0 Å². The summed E-state index contributed by atoms with van der Waals surface area (Å²) in [4.78, 5) is 53.8. The van der Waals surface area contributed by atoms with Gasteiger partial charge in [0.1, 0.15) is 12.6 Å². The number of esters is 2. The van der Waals surface area contributed by atoms with Crippen molar-refractivity contribution in [1.29, 1.82) is 0 Å². The molecule has 1 aliphatic heterocycles. The second-order valence-electron chi connectivity index (χ2n) is 11.7. The number of amides is 2. The summed E-state index contributed by atoms with van der Waals surface area (Å²) in [6.45, 7) is 5.16. The fourth-order valence-corrected chi connectivity index (χ4v) is 5.75. The fourth-order valence-electron chi connectivity index (χ4n) is 5.75. The van der Waals surface area contributed by atoms with E-state index in [9.17, 15) is 19.2 Å². The van der Waals surface area contributed by atoms with Crippen molar-refractivity contribution in [3.63, 3.8) is 0 Å². The quantitative estimate of drug-likeness (QED) is 0.280. The van der Waals surface area contributed by atoms with Gasteiger partial charge in [0, 0.05) is 36.6 Å². The molecule has 2 N–H and O–H groups in total. The monoisotopic (exact) mass is 589 g/mol. The molecular weight excluding hydrogens is 546 g/mol. The highest BCUT2D eigenvalue weighted by molar-refractivity contribution is 6.01. The number of rotatable bonds is 9. The Morgan fingerprint density at radius 1 is 0.977 bits per heavy atom. The van der Waals surface area contributed by atoms with Crippen molar-refractivity contribution in [1.82, 2.24) is 15.2 Å². The van der Waals surface area contributed by atoms with Crippen LogP contribution in [0.3, 0.4) is 0 Å². The number of aromatic nitrogens is 1. The predicted octanol–water partition coefficient (Wildman–Crippen LogP) is 4.55. The molecule has 0 spiro atoms. The van der Waals surface area contributed by atoms with Crippen LogP contribution in [0.4, 0.5) is 0 Å². The van der Waals surface area contributed by atoms with E-state index >= 15 is 0 Å². The molecule has 2 heterocycles. The van der Waals surface area contributed by atoms with Gasteiger partial charge in [-0.2, -0.15) is 0 Å². The van der Waals surface area contributed by atoms with Gasteiger partial charge in [-0.15, -0.1) is 0 Å².